The monoisotopic (exact) mass is 273 g/mol. The van der Waals surface area contributed by atoms with E-state index >= 15 is 0 Å². The molecule has 2 unspecified atom stereocenters. The fourth-order valence-corrected chi connectivity index (χ4v) is 2.25. The number of hydrogen-bond acceptors (Lipinski definition) is 3. The van der Waals surface area contributed by atoms with Crippen molar-refractivity contribution in [3.05, 3.63) is 16.4 Å². The van der Waals surface area contributed by atoms with Gasteiger partial charge in [-0.2, -0.15) is 5.10 Å². The van der Waals surface area contributed by atoms with Crippen LogP contribution < -0.4 is 5.32 Å². The molecule has 0 saturated carbocycles. The van der Waals surface area contributed by atoms with Gasteiger partial charge in [0, 0.05) is 32.3 Å². The van der Waals surface area contributed by atoms with Crippen LogP contribution in [-0.4, -0.2) is 36.1 Å². The van der Waals surface area contributed by atoms with Crippen molar-refractivity contribution in [3.8, 4) is 0 Å². The van der Waals surface area contributed by atoms with E-state index in [0.717, 1.165) is 36.0 Å². The summed E-state index contributed by atoms with van der Waals surface area (Å²) in [5.74, 6) is 0.502. The molecule has 1 aromatic heterocycles. The van der Waals surface area contributed by atoms with Gasteiger partial charge >= 0.3 is 0 Å². The van der Waals surface area contributed by atoms with Crippen LogP contribution in [0, 0.1) is 12.8 Å². The van der Waals surface area contributed by atoms with Crippen molar-refractivity contribution in [2.24, 2.45) is 13.0 Å². The van der Waals surface area contributed by atoms with Crippen molar-refractivity contribution in [2.75, 3.05) is 20.3 Å². The van der Waals surface area contributed by atoms with Crippen LogP contribution in [0.15, 0.2) is 0 Å². The van der Waals surface area contributed by atoms with Gasteiger partial charge in [-0.15, -0.1) is 0 Å². The molecule has 0 saturated heterocycles. The molecule has 1 N–H and O–H groups in total. The van der Waals surface area contributed by atoms with E-state index in [0.29, 0.717) is 12.0 Å². The summed E-state index contributed by atoms with van der Waals surface area (Å²) in [6.07, 6.45) is 0.944. The van der Waals surface area contributed by atoms with Crippen LogP contribution in [-0.2, 0) is 18.2 Å². The first kappa shape index (κ1) is 15.5. The molecule has 0 aliphatic heterocycles. The Labute approximate surface area is 115 Å². The zero-order chi connectivity index (χ0) is 13.7. The maximum Gasteiger partial charge on any atom is 0.130 e. The lowest BCUT2D eigenvalue weighted by Gasteiger charge is -2.21. The number of aryl methyl sites for hydroxylation is 2. The molecule has 2 atom stereocenters. The number of rotatable bonds is 7. The Kier molecular flexibility index (Phi) is 6.12. The molecule has 0 amide bonds. The fraction of sp³-hybridized carbons (Fsp3) is 0.769. The Morgan fingerprint density at radius 3 is 2.61 bits per heavy atom. The summed E-state index contributed by atoms with van der Waals surface area (Å²) in [7, 11) is 3.60. The lowest BCUT2D eigenvalue weighted by atomic mass is 9.95. The van der Waals surface area contributed by atoms with E-state index < -0.39 is 0 Å². The minimum absolute atomic E-state index is 0.427. The topological polar surface area (TPSA) is 39.1 Å². The van der Waals surface area contributed by atoms with Crippen LogP contribution in [0.2, 0.25) is 5.15 Å². The summed E-state index contributed by atoms with van der Waals surface area (Å²) >= 11 is 6.25. The molecule has 1 aromatic rings. The molecule has 0 fully saturated rings. The van der Waals surface area contributed by atoms with E-state index in [4.69, 9.17) is 16.3 Å². The molecule has 1 rings (SSSR count). The summed E-state index contributed by atoms with van der Waals surface area (Å²) in [4.78, 5) is 0. The summed E-state index contributed by atoms with van der Waals surface area (Å²) in [6, 6.07) is 0.427. The van der Waals surface area contributed by atoms with E-state index in [1.165, 1.54) is 0 Å². The molecule has 0 aliphatic rings. The van der Waals surface area contributed by atoms with Gasteiger partial charge in [-0.25, -0.2) is 0 Å². The molecule has 0 aromatic carbocycles. The van der Waals surface area contributed by atoms with Gasteiger partial charge < -0.3 is 10.1 Å². The van der Waals surface area contributed by atoms with Gasteiger partial charge in [0.25, 0.3) is 0 Å². The molecular weight excluding hydrogens is 250 g/mol. The van der Waals surface area contributed by atoms with Gasteiger partial charge in [-0.05, 0) is 26.2 Å². The normalized spacial score (nSPS) is 14.8. The van der Waals surface area contributed by atoms with Crippen LogP contribution in [0.25, 0.3) is 0 Å². The summed E-state index contributed by atoms with van der Waals surface area (Å²) < 4.78 is 6.77. The van der Waals surface area contributed by atoms with Crippen LogP contribution in [0.3, 0.4) is 0 Å². The fourth-order valence-electron chi connectivity index (χ4n) is 1.99. The number of ether oxygens (including phenoxy) is 1. The second kappa shape index (κ2) is 7.12. The number of nitrogens with zero attached hydrogens (tertiary/aromatic N) is 2. The maximum absolute atomic E-state index is 6.25. The average molecular weight is 274 g/mol. The highest BCUT2D eigenvalue weighted by Gasteiger charge is 2.18. The minimum atomic E-state index is 0.427. The molecule has 0 radical (unpaired) electrons. The Bertz CT molecular complexity index is 379. The van der Waals surface area contributed by atoms with E-state index in [1.54, 1.807) is 11.8 Å². The van der Waals surface area contributed by atoms with Crippen molar-refractivity contribution in [2.45, 2.75) is 33.2 Å². The van der Waals surface area contributed by atoms with Crippen LogP contribution in [0.1, 0.15) is 25.1 Å². The molecule has 104 valence electrons. The van der Waals surface area contributed by atoms with Crippen molar-refractivity contribution < 1.29 is 4.74 Å². The molecule has 0 spiro atoms. The first-order chi connectivity index (χ1) is 8.47. The van der Waals surface area contributed by atoms with Gasteiger partial charge in [0.2, 0.25) is 0 Å². The third-order valence-corrected chi connectivity index (χ3v) is 3.89. The van der Waals surface area contributed by atoms with Gasteiger partial charge in [0.15, 0.2) is 0 Å². The number of hydrogen-bond donors (Lipinski definition) is 1. The molecule has 18 heavy (non-hydrogen) atoms. The zero-order valence-corrected chi connectivity index (χ0v) is 12.7. The highest BCUT2D eigenvalue weighted by Crippen LogP contribution is 2.23. The molecule has 0 bridgehead atoms. The smallest absolute Gasteiger partial charge is 0.130 e. The predicted octanol–water partition coefficient (Wildman–Crippen LogP) is 2.19. The number of methoxy groups -OCH3 is 1. The molecule has 5 heteroatoms. The summed E-state index contributed by atoms with van der Waals surface area (Å²) in [5.41, 5.74) is 2.19. The SMILES string of the molecule is COCCNC(C)C(C)Cc1c(C)nn(C)c1Cl. The molecular formula is C13H24ClN3O. The number of aromatic nitrogens is 2. The van der Waals surface area contributed by atoms with Gasteiger partial charge in [0.1, 0.15) is 5.15 Å². The molecule has 0 aliphatic carbocycles. The Hall–Kier alpha value is -0.580. The predicted molar refractivity (Wildman–Crippen MR) is 75.2 cm³/mol. The largest absolute Gasteiger partial charge is 0.383 e. The Balaban J connectivity index is 2.55. The first-order valence-corrected chi connectivity index (χ1v) is 6.75. The van der Waals surface area contributed by atoms with Crippen LogP contribution >= 0.6 is 11.6 Å². The van der Waals surface area contributed by atoms with Crippen molar-refractivity contribution >= 4 is 11.6 Å². The number of halogens is 1. The zero-order valence-electron chi connectivity index (χ0n) is 12.0. The highest BCUT2D eigenvalue weighted by molar-refractivity contribution is 6.30. The third-order valence-electron chi connectivity index (χ3n) is 3.42. The number of nitrogens with one attached hydrogen (secondary N) is 1. The molecule has 4 nitrogen and oxygen atoms in total. The van der Waals surface area contributed by atoms with Crippen LogP contribution in [0.4, 0.5) is 0 Å². The minimum Gasteiger partial charge on any atom is -0.383 e. The van der Waals surface area contributed by atoms with E-state index in [1.807, 2.05) is 14.0 Å². The standard InChI is InChI=1S/C13H24ClN3O/c1-9(10(2)15-6-7-18-5)8-12-11(3)16-17(4)13(12)14/h9-10,15H,6-8H2,1-5H3. The second-order valence-electron chi connectivity index (χ2n) is 4.90. The van der Waals surface area contributed by atoms with Crippen LogP contribution in [0.5, 0.6) is 0 Å². The maximum atomic E-state index is 6.25. The van der Waals surface area contributed by atoms with E-state index in [9.17, 15) is 0 Å². The van der Waals surface area contributed by atoms with Gasteiger partial charge in [-0.3, -0.25) is 4.68 Å². The van der Waals surface area contributed by atoms with Crippen molar-refractivity contribution in [3.63, 3.8) is 0 Å². The van der Waals surface area contributed by atoms with E-state index in [2.05, 4.69) is 24.3 Å². The Morgan fingerprint density at radius 1 is 1.44 bits per heavy atom. The second-order valence-corrected chi connectivity index (χ2v) is 5.25. The summed E-state index contributed by atoms with van der Waals surface area (Å²) in [5, 5.41) is 8.55. The quantitative estimate of drug-likeness (QED) is 0.774. The average Bonchev–Trinajstić information content (AvgIpc) is 2.56. The Morgan fingerprint density at radius 2 is 2.11 bits per heavy atom. The summed E-state index contributed by atoms with van der Waals surface area (Å²) in [6.45, 7) is 8.05. The van der Waals surface area contributed by atoms with Crippen molar-refractivity contribution in [1.82, 2.24) is 15.1 Å². The van der Waals surface area contributed by atoms with E-state index in [-0.39, 0.29) is 0 Å². The van der Waals surface area contributed by atoms with Gasteiger partial charge in [-0.1, -0.05) is 18.5 Å². The van der Waals surface area contributed by atoms with Gasteiger partial charge in [0.05, 0.1) is 12.3 Å². The third kappa shape index (κ3) is 3.97. The van der Waals surface area contributed by atoms with Crippen molar-refractivity contribution in [1.29, 1.82) is 0 Å². The first-order valence-electron chi connectivity index (χ1n) is 6.37. The highest BCUT2D eigenvalue weighted by atomic mass is 35.5. The lowest BCUT2D eigenvalue weighted by Crippen LogP contribution is -2.35. The lowest BCUT2D eigenvalue weighted by molar-refractivity contribution is 0.192. The molecule has 1 heterocycles.